The van der Waals surface area contributed by atoms with E-state index >= 15 is 0 Å². The lowest BCUT2D eigenvalue weighted by atomic mass is 10.1. The number of Topliss-reactive ketones (excluding diaryl/α,β-unsaturated/α-hetero) is 1. The van der Waals surface area contributed by atoms with E-state index in [1.165, 1.54) is 11.3 Å². The summed E-state index contributed by atoms with van der Waals surface area (Å²) in [6.45, 7) is 3.71. The first-order chi connectivity index (χ1) is 12.5. The molecule has 1 heterocycles. The highest BCUT2D eigenvalue weighted by Crippen LogP contribution is 2.20. The van der Waals surface area contributed by atoms with Gasteiger partial charge in [0, 0.05) is 11.3 Å². The minimum Gasteiger partial charge on any atom is -0.483 e. The fourth-order valence-electron chi connectivity index (χ4n) is 2.43. The van der Waals surface area contributed by atoms with Gasteiger partial charge in [0.25, 0.3) is 5.91 Å². The molecule has 0 unspecified atom stereocenters. The molecule has 132 valence electrons. The molecular formula is C21H19NO3S. The highest BCUT2D eigenvalue weighted by molar-refractivity contribution is 7.12. The first-order valence-electron chi connectivity index (χ1n) is 8.25. The van der Waals surface area contributed by atoms with Crippen LogP contribution >= 0.6 is 11.3 Å². The van der Waals surface area contributed by atoms with Gasteiger partial charge in [0.1, 0.15) is 5.75 Å². The van der Waals surface area contributed by atoms with Crippen LogP contribution in [-0.2, 0) is 0 Å². The van der Waals surface area contributed by atoms with Crippen molar-refractivity contribution in [2.24, 2.45) is 0 Å². The van der Waals surface area contributed by atoms with Gasteiger partial charge in [-0.25, -0.2) is 0 Å². The van der Waals surface area contributed by atoms with E-state index < -0.39 is 6.10 Å². The summed E-state index contributed by atoms with van der Waals surface area (Å²) in [7, 11) is 0. The second kappa shape index (κ2) is 7.97. The Morgan fingerprint density at radius 1 is 1.00 bits per heavy atom. The Morgan fingerprint density at radius 2 is 1.69 bits per heavy atom. The zero-order chi connectivity index (χ0) is 18.5. The molecule has 4 nitrogen and oxygen atoms in total. The average Bonchev–Trinajstić information content (AvgIpc) is 3.18. The van der Waals surface area contributed by atoms with Crippen LogP contribution in [-0.4, -0.2) is 17.8 Å². The van der Waals surface area contributed by atoms with Crippen molar-refractivity contribution < 1.29 is 14.3 Å². The summed E-state index contributed by atoms with van der Waals surface area (Å²) in [5.41, 5.74) is 2.41. The number of rotatable bonds is 6. The molecule has 0 radical (unpaired) electrons. The van der Waals surface area contributed by atoms with Crippen LogP contribution in [0.15, 0.2) is 66.0 Å². The van der Waals surface area contributed by atoms with Crippen LogP contribution in [0.3, 0.4) is 0 Å². The number of ketones is 1. The standard InChI is InChI=1S/C21H19NO3S/c1-14-5-7-16(8-6-14)20(23)15(2)25-18-11-9-17(10-12-18)22-21(24)19-4-3-13-26-19/h3-13,15H,1-2H3,(H,22,24)/t15-/m1/s1. The third-order valence-electron chi connectivity index (χ3n) is 3.88. The second-order valence-corrected chi connectivity index (χ2v) is 6.89. The van der Waals surface area contributed by atoms with E-state index in [0.717, 1.165) is 5.56 Å². The number of amides is 1. The molecule has 26 heavy (non-hydrogen) atoms. The Kier molecular flexibility index (Phi) is 5.49. The topological polar surface area (TPSA) is 55.4 Å². The van der Waals surface area contributed by atoms with Crippen LogP contribution in [0.4, 0.5) is 5.69 Å². The van der Waals surface area contributed by atoms with Crippen LogP contribution in [0, 0.1) is 6.92 Å². The fraction of sp³-hybridized carbons (Fsp3) is 0.143. The van der Waals surface area contributed by atoms with Gasteiger partial charge in [0.2, 0.25) is 5.78 Å². The number of benzene rings is 2. The van der Waals surface area contributed by atoms with E-state index in [4.69, 9.17) is 4.74 Å². The normalized spacial score (nSPS) is 11.6. The van der Waals surface area contributed by atoms with E-state index in [0.29, 0.717) is 21.9 Å². The van der Waals surface area contributed by atoms with Crippen LogP contribution in [0.1, 0.15) is 32.5 Å². The molecule has 3 aromatic rings. The summed E-state index contributed by atoms with van der Waals surface area (Å²) in [5, 5.41) is 4.69. The van der Waals surface area contributed by atoms with E-state index in [1.54, 1.807) is 49.4 Å². The highest BCUT2D eigenvalue weighted by atomic mass is 32.1. The van der Waals surface area contributed by atoms with Gasteiger partial charge in [-0.15, -0.1) is 11.3 Å². The van der Waals surface area contributed by atoms with Gasteiger partial charge >= 0.3 is 0 Å². The fourth-order valence-corrected chi connectivity index (χ4v) is 3.05. The van der Waals surface area contributed by atoms with Crippen LogP contribution in [0.25, 0.3) is 0 Å². The predicted octanol–water partition coefficient (Wildman–Crippen LogP) is 4.96. The third-order valence-corrected chi connectivity index (χ3v) is 4.74. The number of anilines is 1. The van der Waals surface area contributed by atoms with E-state index in [2.05, 4.69) is 5.32 Å². The minimum absolute atomic E-state index is 0.0694. The number of thiophene rings is 1. The van der Waals surface area contributed by atoms with Crippen LogP contribution in [0.2, 0.25) is 0 Å². The second-order valence-electron chi connectivity index (χ2n) is 5.95. The number of carbonyl (C=O) groups is 2. The van der Waals surface area contributed by atoms with Crippen molar-refractivity contribution in [1.82, 2.24) is 0 Å². The molecule has 1 amide bonds. The molecule has 0 aliphatic rings. The molecular weight excluding hydrogens is 346 g/mol. The van der Waals surface area contributed by atoms with Gasteiger partial charge in [-0.2, -0.15) is 0 Å². The monoisotopic (exact) mass is 365 g/mol. The molecule has 0 spiro atoms. The lowest BCUT2D eigenvalue weighted by Crippen LogP contribution is -2.23. The molecule has 5 heteroatoms. The first-order valence-corrected chi connectivity index (χ1v) is 9.13. The zero-order valence-electron chi connectivity index (χ0n) is 14.6. The summed E-state index contributed by atoms with van der Waals surface area (Å²) in [6, 6.07) is 18.0. The Bertz CT molecular complexity index is 884. The molecule has 1 atom stereocenters. The van der Waals surface area contributed by atoms with E-state index in [-0.39, 0.29) is 11.7 Å². The molecule has 0 aliphatic carbocycles. The smallest absolute Gasteiger partial charge is 0.265 e. The van der Waals surface area contributed by atoms with Gasteiger partial charge in [-0.3, -0.25) is 9.59 Å². The maximum absolute atomic E-state index is 12.4. The largest absolute Gasteiger partial charge is 0.483 e. The molecule has 0 bridgehead atoms. The molecule has 2 aromatic carbocycles. The third kappa shape index (κ3) is 4.37. The SMILES string of the molecule is Cc1ccc(C(=O)[C@@H](C)Oc2ccc(NC(=O)c3cccs3)cc2)cc1. The molecule has 0 saturated heterocycles. The first kappa shape index (κ1) is 17.9. The number of aryl methyl sites for hydroxylation is 1. The average molecular weight is 365 g/mol. The summed E-state index contributed by atoms with van der Waals surface area (Å²) in [6.07, 6.45) is -0.593. The number of carbonyl (C=O) groups excluding carboxylic acids is 2. The minimum atomic E-state index is -0.593. The Balaban J connectivity index is 1.60. The summed E-state index contributed by atoms with van der Waals surface area (Å²) < 4.78 is 5.73. The zero-order valence-corrected chi connectivity index (χ0v) is 15.4. The van der Waals surface area contributed by atoms with Crippen molar-refractivity contribution in [3.63, 3.8) is 0 Å². The quantitative estimate of drug-likeness (QED) is 0.628. The number of hydrogen-bond acceptors (Lipinski definition) is 4. The highest BCUT2D eigenvalue weighted by Gasteiger charge is 2.17. The van der Waals surface area contributed by atoms with Gasteiger partial charge in [0.05, 0.1) is 4.88 Å². The Hall–Kier alpha value is -2.92. The maximum atomic E-state index is 12.4. The molecule has 0 saturated carbocycles. The molecule has 1 N–H and O–H groups in total. The summed E-state index contributed by atoms with van der Waals surface area (Å²) >= 11 is 1.39. The van der Waals surface area contributed by atoms with Crippen molar-refractivity contribution in [2.45, 2.75) is 20.0 Å². The van der Waals surface area contributed by atoms with Gasteiger partial charge in [0.15, 0.2) is 6.10 Å². The van der Waals surface area contributed by atoms with Crippen LogP contribution < -0.4 is 10.1 Å². The van der Waals surface area contributed by atoms with Crippen molar-refractivity contribution >= 4 is 28.7 Å². The van der Waals surface area contributed by atoms with Crippen LogP contribution in [0.5, 0.6) is 5.75 Å². The molecule has 0 aliphatic heterocycles. The van der Waals surface area contributed by atoms with Crippen molar-refractivity contribution in [3.8, 4) is 5.75 Å². The maximum Gasteiger partial charge on any atom is 0.265 e. The lowest BCUT2D eigenvalue weighted by Gasteiger charge is -2.14. The lowest BCUT2D eigenvalue weighted by molar-refractivity contribution is 0.0818. The Labute approximate surface area is 156 Å². The number of nitrogens with one attached hydrogen (secondary N) is 1. The van der Waals surface area contributed by atoms with E-state index in [1.807, 2.05) is 30.5 Å². The molecule has 0 fully saturated rings. The van der Waals surface area contributed by atoms with Gasteiger partial charge < -0.3 is 10.1 Å². The summed E-state index contributed by atoms with van der Waals surface area (Å²) in [5.74, 6) is 0.365. The Morgan fingerprint density at radius 3 is 2.31 bits per heavy atom. The number of ether oxygens (including phenoxy) is 1. The van der Waals surface area contributed by atoms with Crippen molar-refractivity contribution in [3.05, 3.63) is 82.0 Å². The summed E-state index contributed by atoms with van der Waals surface area (Å²) in [4.78, 5) is 25.1. The molecule has 3 rings (SSSR count). The van der Waals surface area contributed by atoms with E-state index in [9.17, 15) is 9.59 Å². The van der Waals surface area contributed by atoms with Gasteiger partial charge in [-0.05, 0) is 49.6 Å². The number of hydrogen-bond donors (Lipinski definition) is 1. The van der Waals surface area contributed by atoms with Gasteiger partial charge in [-0.1, -0.05) is 35.9 Å². The predicted molar refractivity (Wildman–Crippen MR) is 104 cm³/mol. The molecule has 1 aromatic heterocycles. The van der Waals surface area contributed by atoms with Crippen molar-refractivity contribution in [1.29, 1.82) is 0 Å². The van der Waals surface area contributed by atoms with Crippen molar-refractivity contribution in [2.75, 3.05) is 5.32 Å².